The van der Waals surface area contributed by atoms with E-state index in [2.05, 4.69) is 5.48 Å². The van der Waals surface area contributed by atoms with Gasteiger partial charge in [-0.1, -0.05) is 24.3 Å². The number of hydrogen-bond donors (Lipinski definition) is 1. The van der Waals surface area contributed by atoms with Gasteiger partial charge in [0.2, 0.25) is 0 Å². The molecule has 1 heterocycles. The Labute approximate surface area is 114 Å². The number of hydroxylamine groups is 1. The van der Waals surface area contributed by atoms with Crippen LogP contribution < -0.4 is 5.48 Å². The Kier molecular flexibility index (Phi) is 7.15. The molecular weight excluding hydrogens is 245 g/mol. The lowest BCUT2D eigenvalue weighted by Gasteiger charge is -2.10. The second kappa shape index (κ2) is 8.67. The van der Waals surface area contributed by atoms with Crippen LogP contribution in [-0.2, 0) is 9.57 Å². The molecule has 0 amide bonds. The largest absolute Gasteiger partial charge is 0.501 e. The molecule has 0 aromatic rings. The Balaban J connectivity index is 2.73. The van der Waals surface area contributed by atoms with Crippen LogP contribution in [0.3, 0.4) is 0 Å². The van der Waals surface area contributed by atoms with Crippen molar-refractivity contribution < 1.29 is 14.0 Å². The minimum atomic E-state index is -0.276. The van der Waals surface area contributed by atoms with Gasteiger partial charge in [0.1, 0.15) is 6.10 Å². The summed E-state index contributed by atoms with van der Waals surface area (Å²) in [5, 5.41) is 0. The highest BCUT2D eigenvalue weighted by atomic mass is 19.1. The third-order valence-corrected chi connectivity index (χ3v) is 2.81. The fraction of sp³-hybridized carbons (Fsp3) is 0.467. The number of hydrogen-bond acceptors (Lipinski definition) is 3. The molecule has 1 fully saturated rings. The number of allylic oxidation sites excluding steroid dienone is 2. The normalized spacial score (nSPS) is 25.7. The molecule has 1 rings (SSSR count). The van der Waals surface area contributed by atoms with Gasteiger partial charge in [0.25, 0.3) is 0 Å². The standard InChI is InChI=1S/C15H22FNO2/c1-4-7-12(10-16)15-9-14(17-19-15)13(8-5-2)11-18-6-3/h4-5,7-8,10-11,14-15,17H,6,9H2,1-3H3/b7-4-,8-5-,12-10+,13-11+. The first-order valence-corrected chi connectivity index (χ1v) is 6.55. The lowest BCUT2D eigenvalue weighted by atomic mass is 9.99. The van der Waals surface area contributed by atoms with E-state index < -0.39 is 0 Å². The minimum absolute atomic E-state index is 0.00737. The lowest BCUT2D eigenvalue weighted by Crippen LogP contribution is -2.21. The summed E-state index contributed by atoms with van der Waals surface area (Å²) in [6.45, 7) is 6.34. The first kappa shape index (κ1) is 15.7. The molecule has 1 aliphatic rings. The molecule has 2 unspecified atom stereocenters. The van der Waals surface area contributed by atoms with Gasteiger partial charge in [-0.2, -0.15) is 5.48 Å². The zero-order chi connectivity index (χ0) is 14.1. The number of rotatable bonds is 6. The van der Waals surface area contributed by atoms with E-state index in [1.807, 2.05) is 32.9 Å². The lowest BCUT2D eigenvalue weighted by molar-refractivity contribution is 0.0493. The molecule has 3 nitrogen and oxygen atoms in total. The molecule has 106 valence electrons. The number of ether oxygens (including phenoxy) is 1. The number of halogens is 1. The fourth-order valence-corrected chi connectivity index (χ4v) is 1.90. The van der Waals surface area contributed by atoms with Crippen molar-refractivity contribution in [1.29, 1.82) is 0 Å². The van der Waals surface area contributed by atoms with Gasteiger partial charge < -0.3 is 4.74 Å². The minimum Gasteiger partial charge on any atom is -0.501 e. The van der Waals surface area contributed by atoms with Crippen molar-refractivity contribution in [1.82, 2.24) is 5.48 Å². The van der Waals surface area contributed by atoms with Crippen molar-refractivity contribution in [2.75, 3.05) is 6.61 Å². The zero-order valence-electron chi connectivity index (χ0n) is 11.7. The molecule has 0 radical (unpaired) electrons. The molecule has 1 saturated heterocycles. The molecule has 0 aromatic carbocycles. The van der Waals surface area contributed by atoms with E-state index in [4.69, 9.17) is 9.57 Å². The molecule has 1 N–H and O–H groups in total. The second-order valence-electron chi connectivity index (χ2n) is 4.19. The summed E-state index contributed by atoms with van der Waals surface area (Å²) in [5.41, 5.74) is 4.46. The monoisotopic (exact) mass is 267 g/mol. The summed E-state index contributed by atoms with van der Waals surface area (Å²) in [5.74, 6) is 0. The van der Waals surface area contributed by atoms with Crippen LogP contribution in [-0.4, -0.2) is 18.8 Å². The molecule has 0 aliphatic carbocycles. The highest BCUT2D eigenvalue weighted by Crippen LogP contribution is 2.24. The van der Waals surface area contributed by atoms with Gasteiger partial charge in [0.05, 0.1) is 25.2 Å². The topological polar surface area (TPSA) is 30.5 Å². The highest BCUT2D eigenvalue weighted by molar-refractivity contribution is 5.28. The van der Waals surface area contributed by atoms with Gasteiger partial charge in [-0.15, -0.1) is 0 Å². The molecular formula is C15H22FNO2. The summed E-state index contributed by atoms with van der Waals surface area (Å²) in [7, 11) is 0. The van der Waals surface area contributed by atoms with E-state index in [0.29, 0.717) is 24.9 Å². The molecule has 0 bridgehead atoms. The Morgan fingerprint density at radius 2 is 2.00 bits per heavy atom. The SMILES string of the molecule is C/C=C\C(=C/OCC)C1CC(C(/C=C\C)=C/F)ON1. The Morgan fingerprint density at radius 3 is 2.58 bits per heavy atom. The molecule has 4 heteroatoms. The molecule has 19 heavy (non-hydrogen) atoms. The summed E-state index contributed by atoms with van der Waals surface area (Å²) in [6, 6.07) is 0.00737. The summed E-state index contributed by atoms with van der Waals surface area (Å²) >= 11 is 0. The Bertz CT molecular complexity index is 386. The molecule has 1 aliphatic heterocycles. The van der Waals surface area contributed by atoms with Crippen molar-refractivity contribution >= 4 is 0 Å². The Hall–Kier alpha value is -1.39. The average Bonchev–Trinajstić information content (AvgIpc) is 2.90. The maximum atomic E-state index is 12.8. The first-order chi connectivity index (χ1) is 9.26. The van der Waals surface area contributed by atoms with E-state index in [1.54, 1.807) is 18.4 Å². The van der Waals surface area contributed by atoms with Gasteiger partial charge >= 0.3 is 0 Å². The van der Waals surface area contributed by atoms with Gasteiger partial charge in [-0.05, 0) is 20.8 Å². The van der Waals surface area contributed by atoms with Crippen molar-refractivity contribution in [3.63, 3.8) is 0 Å². The quantitative estimate of drug-likeness (QED) is 0.589. The second-order valence-corrected chi connectivity index (χ2v) is 4.19. The maximum absolute atomic E-state index is 12.8. The van der Waals surface area contributed by atoms with Crippen molar-refractivity contribution in [3.8, 4) is 0 Å². The third-order valence-electron chi connectivity index (χ3n) is 2.81. The van der Waals surface area contributed by atoms with Crippen LogP contribution in [0.1, 0.15) is 27.2 Å². The zero-order valence-corrected chi connectivity index (χ0v) is 11.7. The van der Waals surface area contributed by atoms with Gasteiger partial charge in [-0.25, -0.2) is 4.39 Å². The van der Waals surface area contributed by atoms with Crippen LogP contribution in [0, 0.1) is 0 Å². The highest BCUT2D eigenvalue weighted by Gasteiger charge is 2.29. The molecule has 0 saturated carbocycles. The van der Waals surface area contributed by atoms with Crippen LogP contribution >= 0.6 is 0 Å². The van der Waals surface area contributed by atoms with Crippen molar-refractivity contribution in [2.24, 2.45) is 0 Å². The van der Waals surface area contributed by atoms with E-state index >= 15 is 0 Å². The fourth-order valence-electron chi connectivity index (χ4n) is 1.90. The van der Waals surface area contributed by atoms with Gasteiger partial charge in [-0.3, -0.25) is 4.84 Å². The summed E-state index contributed by atoms with van der Waals surface area (Å²) < 4.78 is 18.1. The van der Waals surface area contributed by atoms with Gasteiger partial charge in [0, 0.05) is 17.6 Å². The smallest absolute Gasteiger partial charge is 0.108 e. The third kappa shape index (κ3) is 4.65. The van der Waals surface area contributed by atoms with Crippen LogP contribution in [0.15, 0.2) is 48.0 Å². The average molecular weight is 267 g/mol. The predicted molar refractivity (Wildman–Crippen MR) is 74.9 cm³/mol. The first-order valence-electron chi connectivity index (χ1n) is 6.55. The predicted octanol–water partition coefficient (Wildman–Crippen LogP) is 3.57. The molecule has 0 spiro atoms. The summed E-state index contributed by atoms with van der Waals surface area (Å²) in [4.78, 5) is 5.44. The van der Waals surface area contributed by atoms with Gasteiger partial charge in [0.15, 0.2) is 0 Å². The van der Waals surface area contributed by atoms with E-state index in [1.165, 1.54) is 0 Å². The molecule has 0 aromatic heterocycles. The van der Waals surface area contributed by atoms with Crippen molar-refractivity contribution in [3.05, 3.63) is 48.0 Å². The van der Waals surface area contributed by atoms with Crippen LogP contribution in [0.25, 0.3) is 0 Å². The summed E-state index contributed by atoms with van der Waals surface area (Å²) in [6.07, 6.45) is 10.1. The van der Waals surface area contributed by atoms with E-state index in [0.717, 1.165) is 5.57 Å². The van der Waals surface area contributed by atoms with E-state index in [-0.39, 0.29) is 12.1 Å². The molecule has 2 atom stereocenters. The number of nitrogens with one attached hydrogen (secondary N) is 1. The van der Waals surface area contributed by atoms with Crippen molar-refractivity contribution in [2.45, 2.75) is 39.3 Å². The Morgan fingerprint density at radius 1 is 1.32 bits per heavy atom. The maximum Gasteiger partial charge on any atom is 0.108 e. The van der Waals surface area contributed by atoms with Crippen LogP contribution in [0.4, 0.5) is 4.39 Å². The van der Waals surface area contributed by atoms with Crippen LogP contribution in [0.2, 0.25) is 0 Å². The van der Waals surface area contributed by atoms with Crippen LogP contribution in [0.5, 0.6) is 0 Å². The van der Waals surface area contributed by atoms with E-state index in [9.17, 15) is 4.39 Å².